The van der Waals surface area contributed by atoms with Gasteiger partial charge in [0.15, 0.2) is 0 Å². The number of carbonyl (C=O) groups excluding carboxylic acids is 1. The number of aromatic amines is 1. The Morgan fingerprint density at radius 2 is 2.26 bits per heavy atom. The highest BCUT2D eigenvalue weighted by molar-refractivity contribution is 5.92. The van der Waals surface area contributed by atoms with Gasteiger partial charge >= 0.3 is 6.18 Å². The quantitative estimate of drug-likeness (QED) is 0.885. The van der Waals surface area contributed by atoms with E-state index in [4.69, 9.17) is 4.74 Å². The molecule has 1 atom stereocenters. The van der Waals surface area contributed by atoms with Crippen LogP contribution in [0, 0.1) is 5.92 Å². The Bertz CT molecular complexity index is 436. The van der Waals surface area contributed by atoms with Crippen molar-refractivity contribution in [2.75, 3.05) is 19.8 Å². The van der Waals surface area contributed by atoms with Crippen molar-refractivity contribution >= 4 is 5.91 Å². The van der Waals surface area contributed by atoms with E-state index in [2.05, 4.69) is 10.3 Å². The summed E-state index contributed by atoms with van der Waals surface area (Å²) in [5.74, 6) is -0.0934. The van der Waals surface area contributed by atoms with Crippen molar-refractivity contribution in [1.29, 1.82) is 0 Å². The van der Waals surface area contributed by atoms with E-state index in [9.17, 15) is 18.0 Å². The summed E-state index contributed by atoms with van der Waals surface area (Å²) in [4.78, 5) is 13.7. The average Bonchev–Trinajstić information content (AvgIpc) is 2.99. The minimum atomic E-state index is -4.46. The third-order valence-electron chi connectivity index (χ3n) is 3.10. The molecule has 2 heterocycles. The number of hydrogen-bond donors (Lipinski definition) is 2. The standard InChI is InChI=1S/C12H15F3N2O2/c13-12(14,15)10-2-1-9(17-10)11(18)16-5-3-8-4-6-19-7-8/h1-2,8,17H,3-7H2,(H,16,18)/t8-/m0/s1. The van der Waals surface area contributed by atoms with Gasteiger partial charge in [0.2, 0.25) is 0 Å². The van der Waals surface area contributed by atoms with Crippen LogP contribution in [0.1, 0.15) is 29.0 Å². The highest BCUT2D eigenvalue weighted by Crippen LogP contribution is 2.28. The maximum absolute atomic E-state index is 12.3. The van der Waals surface area contributed by atoms with E-state index in [-0.39, 0.29) is 5.69 Å². The molecule has 4 nitrogen and oxygen atoms in total. The summed E-state index contributed by atoms with van der Waals surface area (Å²) in [5.41, 5.74) is -0.989. The molecular formula is C12H15F3N2O2. The maximum Gasteiger partial charge on any atom is 0.431 e. The third kappa shape index (κ3) is 3.73. The first kappa shape index (κ1) is 13.9. The molecule has 2 N–H and O–H groups in total. The summed E-state index contributed by atoms with van der Waals surface area (Å²) in [6.45, 7) is 1.87. The molecule has 1 aromatic heterocycles. The van der Waals surface area contributed by atoms with Crippen LogP contribution in [0.25, 0.3) is 0 Å². The topological polar surface area (TPSA) is 54.1 Å². The van der Waals surface area contributed by atoms with Crippen molar-refractivity contribution in [2.24, 2.45) is 5.92 Å². The van der Waals surface area contributed by atoms with Crippen LogP contribution in [0.2, 0.25) is 0 Å². The van der Waals surface area contributed by atoms with Crippen LogP contribution in [0.4, 0.5) is 13.2 Å². The monoisotopic (exact) mass is 276 g/mol. The molecule has 2 rings (SSSR count). The summed E-state index contributed by atoms with van der Waals surface area (Å²) in [6, 6.07) is 2.00. The maximum atomic E-state index is 12.3. The van der Waals surface area contributed by atoms with E-state index >= 15 is 0 Å². The zero-order valence-electron chi connectivity index (χ0n) is 10.2. The van der Waals surface area contributed by atoms with Gasteiger partial charge in [0.25, 0.3) is 5.91 Å². The van der Waals surface area contributed by atoms with Crippen molar-refractivity contribution in [1.82, 2.24) is 10.3 Å². The fourth-order valence-electron chi connectivity index (χ4n) is 1.99. The summed E-state index contributed by atoms with van der Waals surface area (Å²) in [7, 11) is 0. The van der Waals surface area contributed by atoms with Crippen molar-refractivity contribution in [3.05, 3.63) is 23.5 Å². The van der Waals surface area contributed by atoms with Gasteiger partial charge in [0.05, 0.1) is 0 Å². The van der Waals surface area contributed by atoms with Gasteiger partial charge in [-0.25, -0.2) is 0 Å². The number of aromatic nitrogens is 1. The minimum Gasteiger partial charge on any atom is -0.381 e. The van der Waals surface area contributed by atoms with Crippen LogP contribution < -0.4 is 5.32 Å². The Morgan fingerprint density at radius 1 is 1.47 bits per heavy atom. The molecule has 19 heavy (non-hydrogen) atoms. The molecule has 106 valence electrons. The Balaban J connectivity index is 1.81. The number of ether oxygens (including phenoxy) is 1. The summed E-state index contributed by atoms with van der Waals surface area (Å²) in [6.07, 6.45) is -2.71. The van der Waals surface area contributed by atoms with Crippen molar-refractivity contribution in [2.45, 2.75) is 19.0 Å². The lowest BCUT2D eigenvalue weighted by atomic mass is 10.1. The molecule has 0 spiro atoms. The molecule has 1 amide bonds. The van der Waals surface area contributed by atoms with E-state index in [0.717, 1.165) is 31.6 Å². The van der Waals surface area contributed by atoms with Gasteiger partial charge in [0, 0.05) is 19.8 Å². The largest absolute Gasteiger partial charge is 0.431 e. The first-order valence-corrected chi connectivity index (χ1v) is 6.09. The van der Waals surface area contributed by atoms with Crippen LogP contribution in [0.5, 0.6) is 0 Å². The molecular weight excluding hydrogens is 261 g/mol. The van der Waals surface area contributed by atoms with E-state index < -0.39 is 17.8 Å². The SMILES string of the molecule is O=C(NCC[C@H]1CCOC1)c1ccc(C(F)(F)F)[nH]1. The number of carbonyl (C=O) groups is 1. The van der Waals surface area contributed by atoms with E-state index in [1.165, 1.54) is 0 Å². The second-order valence-electron chi connectivity index (χ2n) is 4.56. The highest BCUT2D eigenvalue weighted by Gasteiger charge is 2.32. The average molecular weight is 276 g/mol. The van der Waals surface area contributed by atoms with Crippen molar-refractivity contribution in [3.63, 3.8) is 0 Å². The first-order valence-electron chi connectivity index (χ1n) is 6.09. The van der Waals surface area contributed by atoms with Gasteiger partial charge in [-0.05, 0) is 30.9 Å². The van der Waals surface area contributed by atoms with Gasteiger partial charge in [-0.3, -0.25) is 4.79 Å². The molecule has 0 saturated carbocycles. The normalized spacial score (nSPS) is 19.6. The highest BCUT2D eigenvalue weighted by atomic mass is 19.4. The predicted molar refractivity (Wildman–Crippen MR) is 61.7 cm³/mol. The van der Waals surface area contributed by atoms with Crippen LogP contribution in [0.15, 0.2) is 12.1 Å². The minimum absolute atomic E-state index is 0.0741. The fourth-order valence-corrected chi connectivity index (χ4v) is 1.99. The lowest BCUT2D eigenvalue weighted by Crippen LogP contribution is -2.26. The Hall–Kier alpha value is -1.50. The van der Waals surface area contributed by atoms with E-state index in [0.29, 0.717) is 19.1 Å². The van der Waals surface area contributed by atoms with Gasteiger partial charge in [-0.1, -0.05) is 0 Å². The van der Waals surface area contributed by atoms with Crippen LogP contribution in [0.3, 0.4) is 0 Å². The second kappa shape index (κ2) is 5.64. The number of halogens is 3. The molecule has 0 unspecified atom stereocenters. The third-order valence-corrected chi connectivity index (χ3v) is 3.10. The number of amides is 1. The molecule has 7 heteroatoms. The van der Waals surface area contributed by atoms with E-state index in [1.54, 1.807) is 0 Å². The van der Waals surface area contributed by atoms with Gasteiger partial charge < -0.3 is 15.0 Å². The first-order chi connectivity index (χ1) is 8.97. The Morgan fingerprint density at radius 3 is 2.84 bits per heavy atom. The van der Waals surface area contributed by atoms with Crippen molar-refractivity contribution in [3.8, 4) is 0 Å². The number of rotatable bonds is 4. The van der Waals surface area contributed by atoms with Crippen LogP contribution in [-0.2, 0) is 10.9 Å². The zero-order chi connectivity index (χ0) is 13.9. The molecule has 1 fully saturated rings. The summed E-state index contributed by atoms with van der Waals surface area (Å²) < 4.78 is 42.2. The lowest BCUT2D eigenvalue weighted by Gasteiger charge is -2.08. The van der Waals surface area contributed by atoms with Crippen LogP contribution in [-0.4, -0.2) is 30.6 Å². The molecule has 0 radical (unpaired) electrons. The zero-order valence-corrected chi connectivity index (χ0v) is 10.2. The molecule has 1 aromatic rings. The molecule has 0 aromatic carbocycles. The second-order valence-corrected chi connectivity index (χ2v) is 4.56. The molecule has 1 aliphatic rings. The molecule has 0 bridgehead atoms. The van der Waals surface area contributed by atoms with Gasteiger partial charge in [0.1, 0.15) is 11.4 Å². The van der Waals surface area contributed by atoms with Crippen LogP contribution >= 0.6 is 0 Å². The Labute approximate surface area is 108 Å². The summed E-state index contributed by atoms with van der Waals surface area (Å²) >= 11 is 0. The van der Waals surface area contributed by atoms with E-state index in [1.807, 2.05) is 0 Å². The number of hydrogen-bond acceptors (Lipinski definition) is 2. The number of nitrogens with one attached hydrogen (secondary N) is 2. The Kier molecular flexibility index (Phi) is 4.14. The number of H-pyrrole nitrogens is 1. The van der Waals surface area contributed by atoms with Crippen molar-refractivity contribution < 1.29 is 22.7 Å². The number of alkyl halides is 3. The molecule has 1 saturated heterocycles. The fraction of sp³-hybridized carbons (Fsp3) is 0.583. The summed E-state index contributed by atoms with van der Waals surface area (Å²) in [5, 5.41) is 2.60. The van der Waals surface area contributed by atoms with Gasteiger partial charge in [-0.2, -0.15) is 13.2 Å². The molecule has 1 aliphatic heterocycles. The predicted octanol–water partition coefficient (Wildman–Crippen LogP) is 2.19. The molecule has 0 aliphatic carbocycles. The smallest absolute Gasteiger partial charge is 0.381 e. The van der Waals surface area contributed by atoms with Gasteiger partial charge in [-0.15, -0.1) is 0 Å². The lowest BCUT2D eigenvalue weighted by molar-refractivity contribution is -0.140.